The third-order valence-electron chi connectivity index (χ3n) is 4.53. The third-order valence-corrected chi connectivity index (χ3v) is 4.53. The van der Waals surface area contributed by atoms with E-state index in [4.69, 9.17) is 9.47 Å². The summed E-state index contributed by atoms with van der Waals surface area (Å²) in [4.78, 5) is 27.1. The molecule has 0 aliphatic heterocycles. The van der Waals surface area contributed by atoms with Crippen LogP contribution < -0.4 is 4.90 Å². The predicted molar refractivity (Wildman–Crippen MR) is 111 cm³/mol. The fourth-order valence-corrected chi connectivity index (χ4v) is 3.12. The van der Waals surface area contributed by atoms with Gasteiger partial charge in [0.1, 0.15) is 17.3 Å². The monoisotopic (exact) mass is 404 g/mol. The molecule has 0 N–H and O–H groups in total. The molecule has 0 atom stereocenters. The van der Waals surface area contributed by atoms with Crippen molar-refractivity contribution in [1.82, 2.24) is 9.78 Å². The van der Waals surface area contributed by atoms with Crippen molar-refractivity contribution in [3.63, 3.8) is 0 Å². The van der Waals surface area contributed by atoms with Crippen molar-refractivity contribution in [3.05, 3.63) is 65.4 Å². The Morgan fingerprint density at radius 2 is 1.70 bits per heavy atom. The summed E-state index contributed by atoms with van der Waals surface area (Å²) >= 11 is 0. The van der Waals surface area contributed by atoms with Gasteiger partial charge in [-0.2, -0.15) is 10.4 Å². The van der Waals surface area contributed by atoms with Gasteiger partial charge in [0.15, 0.2) is 5.69 Å². The number of methoxy groups -OCH3 is 2. The normalized spacial score (nSPS) is 10.2. The van der Waals surface area contributed by atoms with Crippen LogP contribution in [0.15, 0.2) is 48.5 Å². The molecule has 0 aliphatic carbocycles. The molecule has 0 unspecified atom stereocenters. The first-order valence-corrected chi connectivity index (χ1v) is 8.99. The van der Waals surface area contributed by atoms with Gasteiger partial charge in [-0.1, -0.05) is 24.3 Å². The molecule has 0 saturated heterocycles. The van der Waals surface area contributed by atoms with E-state index >= 15 is 0 Å². The standard InChI is InChI=1S/C22H20N4O4/c1-25(2)17-11-10-14(12-15(17)13-23)19-18(21(27)29-3)20(22(28)30-4)26(24-19)16-8-6-5-7-9-16/h5-12H,1-4H3. The molecule has 152 valence electrons. The molecule has 0 fully saturated rings. The Balaban J connectivity index is 2.35. The number of anilines is 1. The summed E-state index contributed by atoms with van der Waals surface area (Å²) in [5.41, 5.74) is 2.32. The first-order chi connectivity index (χ1) is 14.4. The van der Waals surface area contributed by atoms with Gasteiger partial charge in [-0.3, -0.25) is 0 Å². The molecule has 2 aromatic carbocycles. The molecule has 3 aromatic rings. The molecule has 0 radical (unpaired) electrons. The van der Waals surface area contributed by atoms with Crippen molar-refractivity contribution in [2.24, 2.45) is 0 Å². The van der Waals surface area contributed by atoms with Gasteiger partial charge in [0, 0.05) is 19.7 Å². The number of aromatic nitrogens is 2. The maximum atomic E-state index is 12.7. The van der Waals surface area contributed by atoms with Gasteiger partial charge >= 0.3 is 11.9 Å². The van der Waals surface area contributed by atoms with Gasteiger partial charge in [0.05, 0.1) is 31.2 Å². The number of hydrogen-bond donors (Lipinski definition) is 0. The highest BCUT2D eigenvalue weighted by atomic mass is 16.5. The molecule has 0 amide bonds. The van der Waals surface area contributed by atoms with E-state index in [0.717, 1.165) is 5.69 Å². The zero-order chi connectivity index (χ0) is 21.8. The van der Waals surface area contributed by atoms with Crippen molar-refractivity contribution >= 4 is 17.6 Å². The van der Waals surface area contributed by atoms with E-state index < -0.39 is 11.9 Å². The number of carbonyl (C=O) groups is 2. The summed E-state index contributed by atoms with van der Waals surface area (Å²) < 4.78 is 11.2. The van der Waals surface area contributed by atoms with Crippen LogP contribution in [0.4, 0.5) is 5.69 Å². The number of carbonyl (C=O) groups excluding carboxylic acids is 2. The molecule has 8 heteroatoms. The summed E-state index contributed by atoms with van der Waals surface area (Å²) in [7, 11) is 6.11. The van der Waals surface area contributed by atoms with Crippen LogP contribution in [0.1, 0.15) is 26.4 Å². The fraction of sp³-hybridized carbons (Fsp3) is 0.182. The Morgan fingerprint density at radius 3 is 2.27 bits per heavy atom. The highest BCUT2D eigenvalue weighted by Crippen LogP contribution is 2.32. The number of para-hydroxylation sites is 1. The quantitative estimate of drug-likeness (QED) is 0.603. The second kappa shape index (κ2) is 8.49. The lowest BCUT2D eigenvalue weighted by Gasteiger charge is -2.14. The first-order valence-electron chi connectivity index (χ1n) is 8.99. The lowest BCUT2D eigenvalue weighted by molar-refractivity contribution is 0.0549. The van der Waals surface area contributed by atoms with Crippen LogP contribution in [-0.2, 0) is 9.47 Å². The van der Waals surface area contributed by atoms with E-state index in [1.807, 2.05) is 25.1 Å². The van der Waals surface area contributed by atoms with E-state index in [2.05, 4.69) is 11.2 Å². The highest BCUT2D eigenvalue weighted by molar-refractivity contribution is 6.07. The minimum absolute atomic E-state index is 0.0327. The summed E-state index contributed by atoms with van der Waals surface area (Å²) in [5, 5.41) is 14.1. The van der Waals surface area contributed by atoms with E-state index in [0.29, 0.717) is 16.8 Å². The van der Waals surface area contributed by atoms with Crippen molar-refractivity contribution < 1.29 is 19.1 Å². The molecule has 0 spiro atoms. The van der Waals surface area contributed by atoms with Gasteiger partial charge in [0.2, 0.25) is 0 Å². The highest BCUT2D eigenvalue weighted by Gasteiger charge is 2.31. The molecule has 0 saturated carbocycles. The van der Waals surface area contributed by atoms with Crippen molar-refractivity contribution in [2.75, 3.05) is 33.2 Å². The lowest BCUT2D eigenvalue weighted by atomic mass is 10.0. The van der Waals surface area contributed by atoms with Crippen LogP contribution in [0.25, 0.3) is 16.9 Å². The van der Waals surface area contributed by atoms with Gasteiger partial charge < -0.3 is 14.4 Å². The average molecular weight is 404 g/mol. The minimum atomic E-state index is -0.734. The van der Waals surface area contributed by atoms with E-state index in [1.54, 1.807) is 42.5 Å². The Labute approximate surface area is 173 Å². The van der Waals surface area contributed by atoms with Crippen LogP contribution in [0, 0.1) is 11.3 Å². The summed E-state index contributed by atoms with van der Waals surface area (Å²) in [6, 6.07) is 16.2. The summed E-state index contributed by atoms with van der Waals surface area (Å²) in [6.07, 6.45) is 0. The second-order valence-corrected chi connectivity index (χ2v) is 6.54. The maximum absolute atomic E-state index is 12.7. The number of nitriles is 1. The number of rotatable bonds is 5. The molecule has 0 aliphatic rings. The second-order valence-electron chi connectivity index (χ2n) is 6.54. The molecular formula is C22H20N4O4. The van der Waals surface area contributed by atoms with Crippen LogP contribution in [0.2, 0.25) is 0 Å². The largest absolute Gasteiger partial charge is 0.465 e. The van der Waals surface area contributed by atoms with E-state index in [9.17, 15) is 14.9 Å². The lowest BCUT2D eigenvalue weighted by Crippen LogP contribution is -2.15. The number of benzene rings is 2. The van der Waals surface area contributed by atoms with Crippen molar-refractivity contribution in [1.29, 1.82) is 5.26 Å². The summed E-state index contributed by atoms with van der Waals surface area (Å²) in [6.45, 7) is 0. The van der Waals surface area contributed by atoms with E-state index in [-0.39, 0.29) is 17.0 Å². The number of ether oxygens (including phenoxy) is 2. The van der Waals surface area contributed by atoms with Crippen LogP contribution in [-0.4, -0.2) is 50.0 Å². The molecule has 30 heavy (non-hydrogen) atoms. The Bertz CT molecular complexity index is 1140. The van der Waals surface area contributed by atoms with Gasteiger partial charge in [-0.05, 0) is 24.3 Å². The molecule has 1 aromatic heterocycles. The van der Waals surface area contributed by atoms with Crippen molar-refractivity contribution in [3.8, 4) is 23.0 Å². The number of nitrogens with zero attached hydrogens (tertiary/aromatic N) is 4. The van der Waals surface area contributed by atoms with Crippen LogP contribution >= 0.6 is 0 Å². The summed E-state index contributed by atoms with van der Waals surface area (Å²) in [5.74, 6) is -1.47. The molecular weight excluding hydrogens is 384 g/mol. The smallest absolute Gasteiger partial charge is 0.357 e. The Kier molecular flexibility index (Phi) is 5.83. The van der Waals surface area contributed by atoms with E-state index in [1.165, 1.54) is 18.9 Å². The van der Waals surface area contributed by atoms with Crippen molar-refractivity contribution in [2.45, 2.75) is 0 Å². The first kappa shape index (κ1) is 20.6. The maximum Gasteiger partial charge on any atom is 0.357 e. The number of hydrogen-bond acceptors (Lipinski definition) is 7. The van der Waals surface area contributed by atoms with Gasteiger partial charge in [-0.15, -0.1) is 0 Å². The van der Waals surface area contributed by atoms with Gasteiger partial charge in [-0.25, -0.2) is 14.3 Å². The van der Waals surface area contributed by atoms with Crippen LogP contribution in [0.3, 0.4) is 0 Å². The van der Waals surface area contributed by atoms with Crippen LogP contribution in [0.5, 0.6) is 0 Å². The molecule has 1 heterocycles. The topological polar surface area (TPSA) is 97.5 Å². The SMILES string of the molecule is COC(=O)c1c(-c2ccc(N(C)C)c(C#N)c2)nn(-c2ccccc2)c1C(=O)OC. The Hall–Kier alpha value is -4.12. The third kappa shape index (κ3) is 3.61. The average Bonchev–Trinajstić information content (AvgIpc) is 3.18. The zero-order valence-electron chi connectivity index (χ0n) is 17.0. The predicted octanol–water partition coefficient (Wildman–Crippen LogP) is 3.05. The number of esters is 2. The molecule has 8 nitrogen and oxygen atoms in total. The molecule has 3 rings (SSSR count). The fourth-order valence-electron chi connectivity index (χ4n) is 3.12. The zero-order valence-corrected chi connectivity index (χ0v) is 17.0. The van der Waals surface area contributed by atoms with Gasteiger partial charge in [0.25, 0.3) is 0 Å². The Morgan fingerprint density at radius 1 is 1.03 bits per heavy atom. The molecule has 0 bridgehead atoms. The minimum Gasteiger partial charge on any atom is -0.465 e.